The Morgan fingerprint density at radius 1 is 1.10 bits per heavy atom. The highest BCUT2D eigenvalue weighted by Gasteiger charge is 2.14. The third-order valence-corrected chi connectivity index (χ3v) is 5.18. The van der Waals surface area contributed by atoms with Crippen LogP contribution in [0.4, 0.5) is 5.69 Å². The zero-order chi connectivity index (χ0) is 21.0. The Bertz CT molecular complexity index is 1050. The molecule has 3 rings (SSSR count). The van der Waals surface area contributed by atoms with Gasteiger partial charge in [-0.05, 0) is 43.2 Å². The van der Waals surface area contributed by atoms with Crippen LogP contribution in [0.5, 0.6) is 0 Å². The number of para-hydroxylation sites is 1. The Kier molecular flexibility index (Phi) is 6.32. The molecule has 0 aliphatic carbocycles. The van der Waals surface area contributed by atoms with Gasteiger partial charge in [-0.3, -0.25) is 14.2 Å². The molecule has 6 nitrogen and oxygen atoms in total. The van der Waals surface area contributed by atoms with E-state index in [0.29, 0.717) is 25.0 Å². The van der Waals surface area contributed by atoms with E-state index in [9.17, 15) is 9.59 Å². The van der Waals surface area contributed by atoms with Crippen LogP contribution < -0.4 is 10.5 Å². The van der Waals surface area contributed by atoms with Gasteiger partial charge < -0.3 is 9.80 Å². The van der Waals surface area contributed by atoms with Crippen molar-refractivity contribution in [2.45, 2.75) is 33.4 Å². The summed E-state index contributed by atoms with van der Waals surface area (Å²) in [5, 5.41) is 0.591. The van der Waals surface area contributed by atoms with Crippen molar-refractivity contribution >= 4 is 22.5 Å². The van der Waals surface area contributed by atoms with Gasteiger partial charge in [0, 0.05) is 45.8 Å². The van der Waals surface area contributed by atoms with Gasteiger partial charge in [-0.25, -0.2) is 4.98 Å². The minimum absolute atomic E-state index is 0.0282. The van der Waals surface area contributed by atoms with E-state index < -0.39 is 0 Å². The van der Waals surface area contributed by atoms with E-state index in [1.165, 1.54) is 4.57 Å². The van der Waals surface area contributed by atoms with Crippen LogP contribution in [-0.4, -0.2) is 41.0 Å². The minimum atomic E-state index is -0.103. The van der Waals surface area contributed by atoms with Crippen LogP contribution in [0.1, 0.15) is 24.5 Å². The predicted octanol–water partition coefficient (Wildman–Crippen LogP) is 3.21. The van der Waals surface area contributed by atoms with Gasteiger partial charge in [0.15, 0.2) is 0 Å². The van der Waals surface area contributed by atoms with Crippen molar-refractivity contribution < 1.29 is 4.79 Å². The zero-order valence-electron chi connectivity index (χ0n) is 17.6. The molecule has 3 aromatic rings. The lowest BCUT2D eigenvalue weighted by molar-refractivity contribution is -0.131. The molecule has 1 aromatic heterocycles. The fourth-order valence-corrected chi connectivity index (χ4v) is 3.37. The summed E-state index contributed by atoms with van der Waals surface area (Å²) in [4.78, 5) is 33.7. The maximum atomic E-state index is 12.7. The summed E-state index contributed by atoms with van der Waals surface area (Å²) in [5.41, 5.74) is 3.80. The first-order valence-corrected chi connectivity index (χ1v) is 9.89. The first-order valence-electron chi connectivity index (χ1n) is 9.89. The van der Waals surface area contributed by atoms with Gasteiger partial charge in [-0.15, -0.1) is 0 Å². The fraction of sp³-hybridized carbons (Fsp3) is 0.348. The molecule has 6 heteroatoms. The summed E-state index contributed by atoms with van der Waals surface area (Å²) in [6.45, 7) is 5.42. The summed E-state index contributed by atoms with van der Waals surface area (Å²) in [6, 6.07) is 13.8. The Hall–Kier alpha value is -3.15. The highest BCUT2D eigenvalue weighted by molar-refractivity contribution is 5.80. The van der Waals surface area contributed by atoms with E-state index in [4.69, 9.17) is 0 Å². The van der Waals surface area contributed by atoms with Gasteiger partial charge in [0.25, 0.3) is 5.56 Å². The van der Waals surface area contributed by atoms with Crippen molar-refractivity contribution in [1.82, 2.24) is 14.5 Å². The molecule has 29 heavy (non-hydrogen) atoms. The molecule has 0 saturated heterocycles. The summed E-state index contributed by atoms with van der Waals surface area (Å²) >= 11 is 0. The molecule has 1 amide bonds. The molecule has 0 fully saturated rings. The molecule has 0 saturated carbocycles. The van der Waals surface area contributed by atoms with Crippen molar-refractivity contribution in [2.24, 2.45) is 0 Å². The van der Waals surface area contributed by atoms with E-state index in [1.807, 2.05) is 62.0 Å². The summed E-state index contributed by atoms with van der Waals surface area (Å²) in [6.07, 6.45) is 1.81. The smallest absolute Gasteiger partial charge is 0.261 e. The van der Waals surface area contributed by atoms with Crippen LogP contribution in [0.25, 0.3) is 10.9 Å². The van der Waals surface area contributed by atoms with E-state index in [-0.39, 0.29) is 17.9 Å². The van der Waals surface area contributed by atoms with Crippen LogP contribution in [0.3, 0.4) is 0 Å². The van der Waals surface area contributed by atoms with Gasteiger partial charge in [0.2, 0.25) is 5.91 Å². The molecule has 0 unspecified atom stereocenters. The lowest BCUT2D eigenvalue weighted by atomic mass is 10.1. The number of amides is 1. The minimum Gasteiger partial charge on any atom is -0.378 e. The number of hydrogen-bond acceptors (Lipinski definition) is 4. The SMILES string of the molecule is CCN(Cc1ccc(N(C)C)cc1)C(=O)CCn1cnc2c(C)cccc2c1=O. The number of aromatic nitrogens is 2. The largest absolute Gasteiger partial charge is 0.378 e. The number of aryl methyl sites for hydroxylation is 2. The summed E-state index contributed by atoms with van der Waals surface area (Å²) in [7, 11) is 4.00. The Balaban J connectivity index is 1.68. The van der Waals surface area contributed by atoms with Crippen molar-refractivity contribution in [3.8, 4) is 0 Å². The number of carbonyl (C=O) groups is 1. The second-order valence-electron chi connectivity index (χ2n) is 7.43. The third-order valence-electron chi connectivity index (χ3n) is 5.18. The quantitative estimate of drug-likeness (QED) is 0.620. The predicted molar refractivity (Wildman–Crippen MR) is 117 cm³/mol. The third kappa shape index (κ3) is 4.65. The second-order valence-corrected chi connectivity index (χ2v) is 7.43. The molecule has 0 aliphatic heterocycles. The molecule has 0 bridgehead atoms. The van der Waals surface area contributed by atoms with Gasteiger partial charge in [-0.2, -0.15) is 0 Å². The first kappa shape index (κ1) is 20.6. The summed E-state index contributed by atoms with van der Waals surface area (Å²) in [5.74, 6) is 0.0282. The highest BCUT2D eigenvalue weighted by Crippen LogP contribution is 2.15. The Morgan fingerprint density at radius 2 is 1.83 bits per heavy atom. The number of benzene rings is 2. The Labute approximate surface area is 171 Å². The van der Waals surface area contributed by atoms with E-state index >= 15 is 0 Å². The number of hydrogen-bond donors (Lipinski definition) is 0. The van der Waals surface area contributed by atoms with Gasteiger partial charge in [0.1, 0.15) is 0 Å². The highest BCUT2D eigenvalue weighted by atomic mass is 16.2. The van der Waals surface area contributed by atoms with Crippen molar-refractivity contribution in [3.05, 3.63) is 70.3 Å². The fourth-order valence-electron chi connectivity index (χ4n) is 3.37. The molecule has 0 aliphatic rings. The molecular weight excluding hydrogens is 364 g/mol. The maximum absolute atomic E-state index is 12.7. The maximum Gasteiger partial charge on any atom is 0.261 e. The molecular formula is C23H28N4O2. The zero-order valence-corrected chi connectivity index (χ0v) is 17.6. The van der Waals surface area contributed by atoms with E-state index in [1.54, 1.807) is 12.4 Å². The topological polar surface area (TPSA) is 58.4 Å². The number of anilines is 1. The number of fused-ring (bicyclic) bond motifs is 1. The van der Waals surface area contributed by atoms with Crippen LogP contribution in [-0.2, 0) is 17.9 Å². The van der Waals surface area contributed by atoms with Crippen LogP contribution in [0, 0.1) is 6.92 Å². The number of rotatable bonds is 7. The van der Waals surface area contributed by atoms with Crippen molar-refractivity contribution in [2.75, 3.05) is 25.5 Å². The van der Waals surface area contributed by atoms with E-state index in [2.05, 4.69) is 17.1 Å². The molecule has 152 valence electrons. The first-order chi connectivity index (χ1) is 13.9. The van der Waals surface area contributed by atoms with Crippen LogP contribution >= 0.6 is 0 Å². The van der Waals surface area contributed by atoms with Crippen LogP contribution in [0.2, 0.25) is 0 Å². The normalized spacial score (nSPS) is 10.9. The van der Waals surface area contributed by atoms with Gasteiger partial charge in [-0.1, -0.05) is 24.3 Å². The standard InChI is InChI=1S/C23H28N4O2/c1-5-26(15-18-9-11-19(12-10-18)25(3)4)21(28)13-14-27-16-24-22-17(2)7-6-8-20(22)23(27)29/h6-12,16H,5,13-15H2,1-4H3. The molecule has 0 atom stereocenters. The monoisotopic (exact) mass is 392 g/mol. The average molecular weight is 393 g/mol. The number of nitrogens with zero attached hydrogens (tertiary/aromatic N) is 4. The molecule has 2 aromatic carbocycles. The lowest BCUT2D eigenvalue weighted by Gasteiger charge is -2.22. The second kappa shape index (κ2) is 8.90. The number of carbonyl (C=O) groups excluding carboxylic acids is 1. The average Bonchev–Trinajstić information content (AvgIpc) is 2.72. The molecule has 0 radical (unpaired) electrons. The van der Waals surface area contributed by atoms with Crippen molar-refractivity contribution in [1.29, 1.82) is 0 Å². The summed E-state index contributed by atoms with van der Waals surface area (Å²) < 4.78 is 1.53. The Morgan fingerprint density at radius 3 is 2.48 bits per heavy atom. The molecule has 0 N–H and O–H groups in total. The van der Waals surface area contributed by atoms with E-state index in [0.717, 1.165) is 22.3 Å². The molecule has 0 spiro atoms. The van der Waals surface area contributed by atoms with Gasteiger partial charge in [0.05, 0.1) is 17.2 Å². The van der Waals surface area contributed by atoms with Crippen molar-refractivity contribution in [3.63, 3.8) is 0 Å². The van der Waals surface area contributed by atoms with Crippen LogP contribution in [0.15, 0.2) is 53.6 Å². The lowest BCUT2D eigenvalue weighted by Crippen LogP contribution is -2.32. The molecule has 1 heterocycles. The van der Waals surface area contributed by atoms with Gasteiger partial charge >= 0.3 is 0 Å².